The van der Waals surface area contributed by atoms with Crippen molar-refractivity contribution in [2.24, 2.45) is 22.1 Å². The maximum atomic E-state index is 5.70. The molecular formula is C10H20N2. The van der Waals surface area contributed by atoms with Crippen molar-refractivity contribution >= 4 is 5.84 Å². The van der Waals surface area contributed by atoms with Gasteiger partial charge in [0, 0.05) is 13.0 Å². The monoisotopic (exact) mass is 168 g/mol. The third-order valence-electron chi connectivity index (χ3n) is 2.74. The Hall–Kier alpha value is -0.530. The first-order chi connectivity index (χ1) is 5.56. The number of aliphatic imine (C=N–C) groups is 1. The molecule has 1 unspecified atom stereocenters. The van der Waals surface area contributed by atoms with E-state index in [9.17, 15) is 0 Å². The van der Waals surface area contributed by atoms with Crippen molar-refractivity contribution in [2.45, 2.75) is 40.0 Å². The topological polar surface area (TPSA) is 38.4 Å². The summed E-state index contributed by atoms with van der Waals surface area (Å²) in [6.45, 7) is 7.66. The molecule has 12 heavy (non-hydrogen) atoms. The average Bonchev–Trinajstić information content (AvgIpc) is 2.56. The van der Waals surface area contributed by atoms with Gasteiger partial charge in [0.25, 0.3) is 0 Å². The molecule has 2 nitrogen and oxygen atoms in total. The number of nitrogens with two attached hydrogens (primary N) is 1. The van der Waals surface area contributed by atoms with Gasteiger partial charge in [0.15, 0.2) is 0 Å². The summed E-state index contributed by atoms with van der Waals surface area (Å²) >= 11 is 0. The Balaban J connectivity index is 2.21. The molecule has 0 aromatic carbocycles. The third-order valence-corrected chi connectivity index (χ3v) is 2.74. The van der Waals surface area contributed by atoms with Crippen molar-refractivity contribution in [2.75, 3.05) is 6.54 Å². The quantitative estimate of drug-likeness (QED) is 0.507. The third kappa shape index (κ3) is 2.50. The van der Waals surface area contributed by atoms with Crippen LogP contribution in [0.3, 0.4) is 0 Å². The van der Waals surface area contributed by atoms with Crippen molar-refractivity contribution < 1.29 is 0 Å². The van der Waals surface area contributed by atoms with E-state index in [0.29, 0.717) is 5.41 Å². The minimum Gasteiger partial charge on any atom is -0.387 e. The van der Waals surface area contributed by atoms with Gasteiger partial charge in [-0.1, -0.05) is 20.8 Å². The Morgan fingerprint density at radius 1 is 1.58 bits per heavy atom. The maximum absolute atomic E-state index is 5.70. The zero-order chi connectivity index (χ0) is 9.19. The normalized spacial score (nSPS) is 27.2. The summed E-state index contributed by atoms with van der Waals surface area (Å²) in [5, 5.41) is 0. The van der Waals surface area contributed by atoms with Crippen molar-refractivity contribution in [3.8, 4) is 0 Å². The molecule has 1 aliphatic carbocycles. The number of amidine groups is 1. The predicted molar refractivity (Wildman–Crippen MR) is 53.3 cm³/mol. The van der Waals surface area contributed by atoms with Gasteiger partial charge in [-0.25, -0.2) is 0 Å². The molecule has 1 rings (SSSR count). The lowest BCUT2D eigenvalue weighted by Crippen LogP contribution is -2.12. The van der Waals surface area contributed by atoms with Crippen molar-refractivity contribution in [1.29, 1.82) is 0 Å². The molecule has 1 fully saturated rings. The molecule has 1 aliphatic rings. The molecule has 70 valence electrons. The highest BCUT2D eigenvalue weighted by atomic mass is 14.9. The fraction of sp³-hybridized carbons (Fsp3) is 0.900. The molecule has 0 heterocycles. The van der Waals surface area contributed by atoms with Crippen LogP contribution in [0, 0.1) is 11.3 Å². The van der Waals surface area contributed by atoms with E-state index in [4.69, 9.17) is 5.73 Å². The Morgan fingerprint density at radius 2 is 2.17 bits per heavy atom. The molecule has 0 aromatic heterocycles. The lowest BCUT2D eigenvalue weighted by Gasteiger charge is -2.00. The lowest BCUT2D eigenvalue weighted by molar-refractivity contribution is 0.565. The van der Waals surface area contributed by atoms with E-state index in [1.54, 1.807) is 0 Å². The molecule has 0 aromatic rings. The van der Waals surface area contributed by atoms with Gasteiger partial charge < -0.3 is 5.73 Å². The molecule has 2 heteroatoms. The van der Waals surface area contributed by atoms with Crippen LogP contribution in [0.25, 0.3) is 0 Å². The van der Waals surface area contributed by atoms with E-state index >= 15 is 0 Å². The van der Waals surface area contributed by atoms with Gasteiger partial charge in [-0.05, 0) is 24.2 Å². The molecule has 0 bridgehead atoms. The molecule has 1 atom stereocenters. The second-order valence-electron chi connectivity index (χ2n) is 4.47. The summed E-state index contributed by atoms with van der Waals surface area (Å²) in [4.78, 5) is 4.37. The van der Waals surface area contributed by atoms with Crippen LogP contribution in [0.4, 0.5) is 0 Å². The minimum absolute atomic E-state index is 0.538. The maximum Gasteiger partial charge on any atom is 0.0937 e. The van der Waals surface area contributed by atoms with Gasteiger partial charge in [0.2, 0.25) is 0 Å². The molecule has 0 amide bonds. The second-order valence-corrected chi connectivity index (χ2v) is 4.47. The van der Waals surface area contributed by atoms with Crippen LogP contribution in [0.2, 0.25) is 0 Å². The summed E-state index contributed by atoms with van der Waals surface area (Å²) in [5.74, 6) is 1.62. The zero-order valence-electron chi connectivity index (χ0n) is 8.43. The number of hydrogen-bond donors (Lipinski definition) is 1. The number of nitrogens with zero attached hydrogens (tertiary/aromatic N) is 1. The molecule has 0 saturated heterocycles. The first kappa shape index (κ1) is 9.56. The SMILES string of the molecule is CCCC(N)=NCC1CC1(C)C. The van der Waals surface area contributed by atoms with Gasteiger partial charge in [-0.15, -0.1) is 0 Å². The van der Waals surface area contributed by atoms with E-state index in [1.807, 2.05) is 0 Å². The average molecular weight is 168 g/mol. The number of rotatable bonds is 4. The van der Waals surface area contributed by atoms with Crippen LogP contribution < -0.4 is 5.73 Å². The van der Waals surface area contributed by atoms with Crippen molar-refractivity contribution in [1.82, 2.24) is 0 Å². The molecule has 0 aliphatic heterocycles. The van der Waals surface area contributed by atoms with Gasteiger partial charge in [-0.3, -0.25) is 4.99 Å². The van der Waals surface area contributed by atoms with Crippen LogP contribution in [-0.4, -0.2) is 12.4 Å². The lowest BCUT2D eigenvalue weighted by atomic mass is 10.1. The van der Waals surface area contributed by atoms with Gasteiger partial charge in [0.1, 0.15) is 0 Å². The molecular weight excluding hydrogens is 148 g/mol. The Bertz CT molecular complexity index is 182. The van der Waals surface area contributed by atoms with E-state index in [-0.39, 0.29) is 0 Å². The Labute approximate surface area is 75.3 Å². The van der Waals surface area contributed by atoms with Crippen LogP contribution >= 0.6 is 0 Å². The first-order valence-electron chi connectivity index (χ1n) is 4.85. The van der Waals surface area contributed by atoms with Gasteiger partial charge in [-0.2, -0.15) is 0 Å². The Morgan fingerprint density at radius 3 is 2.58 bits per heavy atom. The summed E-state index contributed by atoms with van der Waals surface area (Å²) < 4.78 is 0. The standard InChI is InChI=1S/C10H20N2/c1-4-5-9(11)12-7-8-6-10(8,2)3/h8H,4-7H2,1-3H3,(H2,11,12). The first-order valence-corrected chi connectivity index (χ1v) is 4.85. The summed E-state index contributed by atoms with van der Waals surface area (Å²) in [7, 11) is 0. The van der Waals surface area contributed by atoms with Gasteiger partial charge in [0.05, 0.1) is 5.84 Å². The zero-order valence-corrected chi connectivity index (χ0v) is 8.43. The highest BCUT2D eigenvalue weighted by Crippen LogP contribution is 2.51. The highest BCUT2D eigenvalue weighted by Gasteiger charge is 2.44. The van der Waals surface area contributed by atoms with Crippen LogP contribution in [0.15, 0.2) is 4.99 Å². The smallest absolute Gasteiger partial charge is 0.0937 e. The molecule has 1 saturated carbocycles. The van der Waals surface area contributed by atoms with Crippen molar-refractivity contribution in [3.05, 3.63) is 0 Å². The van der Waals surface area contributed by atoms with E-state index < -0.39 is 0 Å². The second kappa shape index (κ2) is 3.46. The Kier molecular flexibility index (Phi) is 2.76. The fourth-order valence-electron chi connectivity index (χ4n) is 1.45. The van der Waals surface area contributed by atoms with Crippen LogP contribution in [-0.2, 0) is 0 Å². The van der Waals surface area contributed by atoms with Crippen LogP contribution in [0.1, 0.15) is 40.0 Å². The highest BCUT2D eigenvalue weighted by molar-refractivity contribution is 5.80. The van der Waals surface area contributed by atoms with E-state index in [1.165, 1.54) is 6.42 Å². The van der Waals surface area contributed by atoms with Crippen molar-refractivity contribution in [3.63, 3.8) is 0 Å². The van der Waals surface area contributed by atoms with E-state index in [0.717, 1.165) is 31.1 Å². The molecule has 2 N–H and O–H groups in total. The summed E-state index contributed by atoms with van der Waals surface area (Å²) in [6.07, 6.45) is 3.37. The van der Waals surface area contributed by atoms with E-state index in [2.05, 4.69) is 25.8 Å². The number of hydrogen-bond acceptors (Lipinski definition) is 1. The molecule has 0 radical (unpaired) electrons. The van der Waals surface area contributed by atoms with Crippen LogP contribution in [0.5, 0.6) is 0 Å². The van der Waals surface area contributed by atoms with Gasteiger partial charge >= 0.3 is 0 Å². The predicted octanol–water partition coefficient (Wildman–Crippen LogP) is 2.19. The summed E-state index contributed by atoms with van der Waals surface area (Å²) in [6, 6.07) is 0. The fourth-order valence-corrected chi connectivity index (χ4v) is 1.45. The largest absolute Gasteiger partial charge is 0.387 e. The molecule has 0 spiro atoms. The summed E-state index contributed by atoms with van der Waals surface area (Å²) in [5.41, 5.74) is 6.24. The minimum atomic E-state index is 0.538.